The van der Waals surface area contributed by atoms with Gasteiger partial charge < -0.3 is 19.7 Å². The summed E-state index contributed by atoms with van der Waals surface area (Å²) in [5.74, 6) is -0.313. The molecular weight excluding hydrogens is 384 g/mol. The number of carbonyl (C=O) groups excluding carboxylic acids is 2. The van der Waals surface area contributed by atoms with Crippen LogP contribution in [0.1, 0.15) is 80.1 Å². The first-order chi connectivity index (χ1) is 13.8. The monoisotopic (exact) mass is 422 g/mol. The number of esters is 2. The maximum Gasteiger partial charge on any atom is 0.302 e. The SMILES string of the molecule is CC(=O)O[C@H]1CCC(C)(C)C2CC[C@]34C[C@](C)([C@@H](OC(C)=O)CC3[C@@]21C)[C@H](O)[C@H]4O. The van der Waals surface area contributed by atoms with E-state index in [-0.39, 0.29) is 34.8 Å². The Kier molecular flexibility index (Phi) is 4.91. The van der Waals surface area contributed by atoms with E-state index in [4.69, 9.17) is 9.47 Å². The smallest absolute Gasteiger partial charge is 0.302 e. The first-order valence-electron chi connectivity index (χ1n) is 11.5. The van der Waals surface area contributed by atoms with Crippen molar-refractivity contribution in [2.24, 2.45) is 33.5 Å². The molecule has 0 aliphatic heterocycles. The number of carbonyl (C=O) groups is 2. The van der Waals surface area contributed by atoms with Crippen molar-refractivity contribution >= 4 is 11.9 Å². The Bertz CT molecular complexity index is 748. The highest BCUT2D eigenvalue weighted by atomic mass is 16.5. The summed E-state index contributed by atoms with van der Waals surface area (Å²) in [6.45, 7) is 11.6. The molecule has 0 aromatic carbocycles. The van der Waals surface area contributed by atoms with Gasteiger partial charge in [-0.25, -0.2) is 0 Å². The van der Waals surface area contributed by atoms with Crippen LogP contribution in [0, 0.1) is 33.5 Å². The van der Waals surface area contributed by atoms with Crippen LogP contribution in [0.3, 0.4) is 0 Å². The molecular formula is C24H38O6. The molecule has 2 unspecified atom stereocenters. The number of aliphatic hydroxyl groups is 2. The van der Waals surface area contributed by atoms with Gasteiger partial charge in [-0.1, -0.05) is 27.7 Å². The van der Waals surface area contributed by atoms with Gasteiger partial charge in [0.25, 0.3) is 0 Å². The Morgan fingerprint density at radius 1 is 0.833 bits per heavy atom. The molecule has 4 saturated carbocycles. The fourth-order valence-electron chi connectivity index (χ4n) is 8.63. The Balaban J connectivity index is 1.84. The van der Waals surface area contributed by atoms with Crippen LogP contribution >= 0.6 is 0 Å². The summed E-state index contributed by atoms with van der Waals surface area (Å²) in [5.41, 5.74) is -1.36. The van der Waals surface area contributed by atoms with Crippen LogP contribution in [-0.2, 0) is 19.1 Å². The van der Waals surface area contributed by atoms with E-state index < -0.39 is 29.1 Å². The zero-order valence-electron chi connectivity index (χ0n) is 19.2. The largest absolute Gasteiger partial charge is 0.462 e. The predicted molar refractivity (Wildman–Crippen MR) is 110 cm³/mol. The standard InChI is InChI=1S/C24H38O6/c1-13(25)29-17-8-9-21(3,4)15-7-10-24-12-22(5,19(27)20(24)28)18(30-14(2)26)11-16(24)23(15,17)6/h15-20,27-28H,7-12H2,1-6H3/t15?,16?,17-,18-,19+,20+,22+,23+,24-/m0/s1. The van der Waals surface area contributed by atoms with E-state index in [0.29, 0.717) is 18.8 Å². The zero-order valence-corrected chi connectivity index (χ0v) is 19.2. The van der Waals surface area contributed by atoms with E-state index in [9.17, 15) is 19.8 Å². The molecule has 30 heavy (non-hydrogen) atoms. The lowest BCUT2D eigenvalue weighted by Crippen LogP contribution is -2.65. The third-order valence-corrected chi connectivity index (χ3v) is 9.86. The molecule has 6 heteroatoms. The lowest BCUT2D eigenvalue weighted by atomic mass is 9.39. The molecule has 2 bridgehead atoms. The minimum absolute atomic E-state index is 0.00255. The van der Waals surface area contributed by atoms with Crippen LogP contribution in [0.4, 0.5) is 0 Å². The molecule has 4 rings (SSSR count). The van der Waals surface area contributed by atoms with Gasteiger partial charge >= 0.3 is 11.9 Å². The molecule has 2 N–H and O–H groups in total. The highest BCUT2D eigenvalue weighted by Crippen LogP contribution is 2.74. The third kappa shape index (κ3) is 2.75. The Morgan fingerprint density at radius 2 is 1.43 bits per heavy atom. The molecule has 0 saturated heterocycles. The summed E-state index contributed by atoms with van der Waals surface area (Å²) in [6.07, 6.45) is 2.28. The lowest BCUT2D eigenvalue weighted by Gasteiger charge is -2.66. The van der Waals surface area contributed by atoms with E-state index >= 15 is 0 Å². The lowest BCUT2D eigenvalue weighted by molar-refractivity contribution is -0.237. The Morgan fingerprint density at radius 3 is 2.03 bits per heavy atom. The number of rotatable bonds is 2. The van der Waals surface area contributed by atoms with Crippen LogP contribution < -0.4 is 0 Å². The van der Waals surface area contributed by atoms with Crippen molar-refractivity contribution < 1.29 is 29.3 Å². The van der Waals surface area contributed by atoms with Gasteiger partial charge in [0.2, 0.25) is 0 Å². The third-order valence-electron chi connectivity index (χ3n) is 9.86. The van der Waals surface area contributed by atoms with Crippen LogP contribution in [0.5, 0.6) is 0 Å². The minimum Gasteiger partial charge on any atom is -0.462 e. The molecule has 4 aliphatic rings. The molecule has 4 aliphatic carbocycles. The average Bonchev–Trinajstić information content (AvgIpc) is 2.78. The van der Waals surface area contributed by atoms with E-state index in [1.165, 1.54) is 13.8 Å². The molecule has 4 fully saturated rings. The van der Waals surface area contributed by atoms with Crippen LogP contribution in [0.25, 0.3) is 0 Å². The predicted octanol–water partition coefficient (Wildman–Crippen LogP) is 3.22. The Labute approximate surface area is 179 Å². The second kappa shape index (κ2) is 6.68. The van der Waals surface area contributed by atoms with Crippen molar-refractivity contribution in [3.63, 3.8) is 0 Å². The van der Waals surface area contributed by atoms with Crippen molar-refractivity contribution in [2.75, 3.05) is 0 Å². The van der Waals surface area contributed by atoms with E-state index in [0.717, 1.165) is 25.7 Å². The second-order valence-corrected chi connectivity index (χ2v) is 11.8. The van der Waals surface area contributed by atoms with Gasteiger partial charge in [-0.2, -0.15) is 0 Å². The topological polar surface area (TPSA) is 93.1 Å². The first kappa shape index (κ1) is 22.1. The van der Waals surface area contributed by atoms with Crippen LogP contribution in [-0.4, -0.2) is 46.6 Å². The van der Waals surface area contributed by atoms with Gasteiger partial charge in [0.1, 0.15) is 12.2 Å². The van der Waals surface area contributed by atoms with E-state index in [1.807, 2.05) is 6.92 Å². The second-order valence-electron chi connectivity index (χ2n) is 11.8. The fraction of sp³-hybridized carbons (Fsp3) is 0.917. The summed E-state index contributed by atoms with van der Waals surface area (Å²) in [5, 5.41) is 22.5. The maximum atomic E-state index is 12.0. The molecule has 6 nitrogen and oxygen atoms in total. The minimum atomic E-state index is -0.934. The molecule has 0 aromatic heterocycles. The highest BCUT2D eigenvalue weighted by molar-refractivity contribution is 5.66. The summed E-state index contributed by atoms with van der Waals surface area (Å²) in [7, 11) is 0. The number of ether oxygens (including phenoxy) is 2. The first-order valence-corrected chi connectivity index (χ1v) is 11.5. The number of hydrogen-bond acceptors (Lipinski definition) is 6. The normalized spacial score (nSPS) is 51.5. The van der Waals surface area contributed by atoms with Gasteiger partial charge in [0.15, 0.2) is 0 Å². The van der Waals surface area contributed by atoms with Crippen molar-refractivity contribution in [3.05, 3.63) is 0 Å². The molecule has 0 radical (unpaired) electrons. The van der Waals surface area contributed by atoms with Crippen molar-refractivity contribution in [3.8, 4) is 0 Å². The number of fused-ring (bicyclic) bond motifs is 3. The van der Waals surface area contributed by atoms with Crippen molar-refractivity contribution in [1.29, 1.82) is 0 Å². The summed E-state index contributed by atoms with van der Waals surface area (Å²) in [6, 6.07) is 0. The Hall–Kier alpha value is -1.14. The van der Waals surface area contributed by atoms with E-state index in [2.05, 4.69) is 20.8 Å². The molecule has 0 heterocycles. The molecule has 0 aromatic rings. The maximum absolute atomic E-state index is 12.0. The van der Waals surface area contributed by atoms with Crippen molar-refractivity contribution in [1.82, 2.24) is 0 Å². The van der Waals surface area contributed by atoms with Crippen molar-refractivity contribution in [2.45, 2.75) is 104 Å². The molecule has 0 amide bonds. The average molecular weight is 423 g/mol. The van der Waals surface area contributed by atoms with Gasteiger partial charge in [-0.05, 0) is 55.8 Å². The summed E-state index contributed by atoms with van der Waals surface area (Å²) in [4.78, 5) is 23.9. The molecule has 9 atom stereocenters. The zero-order chi connectivity index (χ0) is 22.3. The summed E-state index contributed by atoms with van der Waals surface area (Å²) >= 11 is 0. The van der Waals surface area contributed by atoms with Crippen LogP contribution in [0.2, 0.25) is 0 Å². The van der Waals surface area contributed by atoms with Gasteiger partial charge in [0.05, 0.1) is 12.2 Å². The molecule has 170 valence electrons. The van der Waals surface area contributed by atoms with Gasteiger partial charge in [-0.3, -0.25) is 9.59 Å². The number of hydrogen-bond donors (Lipinski definition) is 2. The molecule has 1 spiro atoms. The number of aliphatic hydroxyl groups excluding tert-OH is 2. The van der Waals surface area contributed by atoms with Gasteiger partial charge in [-0.15, -0.1) is 0 Å². The summed E-state index contributed by atoms with van der Waals surface area (Å²) < 4.78 is 11.7. The van der Waals surface area contributed by atoms with Crippen LogP contribution in [0.15, 0.2) is 0 Å². The highest BCUT2D eigenvalue weighted by Gasteiger charge is 2.75. The van der Waals surface area contributed by atoms with E-state index in [1.54, 1.807) is 0 Å². The van der Waals surface area contributed by atoms with Gasteiger partial charge in [0, 0.05) is 30.1 Å². The quantitative estimate of drug-likeness (QED) is 0.664. The fourth-order valence-corrected chi connectivity index (χ4v) is 8.63.